The molecule has 1 aliphatic heterocycles. The molecule has 1 N–H and O–H groups in total. The molecule has 0 atom stereocenters. The standard InChI is InChI=1S/C15H19N3O2/c16-10-13-4-1-2-5-14(13)11-17-6-3-7-18(9-8-17)12-15(19)20/h1-2,4-5H,3,6-9,11-12H2,(H,19,20). The number of carbonyl (C=O) groups is 1. The first-order chi connectivity index (χ1) is 9.69. The highest BCUT2D eigenvalue weighted by Gasteiger charge is 2.17. The summed E-state index contributed by atoms with van der Waals surface area (Å²) in [6.45, 7) is 4.24. The van der Waals surface area contributed by atoms with Crippen molar-refractivity contribution in [2.45, 2.75) is 13.0 Å². The first-order valence-corrected chi connectivity index (χ1v) is 6.83. The van der Waals surface area contributed by atoms with E-state index >= 15 is 0 Å². The van der Waals surface area contributed by atoms with E-state index in [0.29, 0.717) is 0 Å². The van der Waals surface area contributed by atoms with Gasteiger partial charge in [-0.25, -0.2) is 0 Å². The van der Waals surface area contributed by atoms with Crippen LogP contribution >= 0.6 is 0 Å². The van der Waals surface area contributed by atoms with Gasteiger partial charge < -0.3 is 5.11 Å². The number of nitriles is 1. The Morgan fingerprint density at radius 2 is 1.90 bits per heavy atom. The maximum Gasteiger partial charge on any atom is 0.317 e. The lowest BCUT2D eigenvalue weighted by Crippen LogP contribution is -2.34. The summed E-state index contributed by atoms with van der Waals surface area (Å²) in [5, 5.41) is 17.9. The second kappa shape index (κ2) is 7.04. The average Bonchev–Trinajstić information content (AvgIpc) is 2.64. The van der Waals surface area contributed by atoms with E-state index in [9.17, 15) is 4.79 Å². The lowest BCUT2D eigenvalue weighted by molar-refractivity contribution is -0.138. The van der Waals surface area contributed by atoms with Crippen molar-refractivity contribution >= 4 is 5.97 Å². The van der Waals surface area contributed by atoms with Crippen molar-refractivity contribution in [2.75, 3.05) is 32.7 Å². The SMILES string of the molecule is N#Cc1ccccc1CN1CCCN(CC(=O)O)CC1. The zero-order valence-electron chi connectivity index (χ0n) is 11.5. The quantitative estimate of drug-likeness (QED) is 0.891. The van der Waals surface area contributed by atoms with Gasteiger partial charge in [-0.3, -0.25) is 14.6 Å². The molecule has 1 aromatic carbocycles. The molecular formula is C15H19N3O2. The molecule has 1 fully saturated rings. The Morgan fingerprint density at radius 1 is 1.20 bits per heavy atom. The van der Waals surface area contributed by atoms with Crippen molar-refractivity contribution in [3.8, 4) is 6.07 Å². The molecule has 106 valence electrons. The number of hydrogen-bond acceptors (Lipinski definition) is 4. The molecule has 1 saturated heterocycles. The number of nitrogens with zero attached hydrogens (tertiary/aromatic N) is 3. The van der Waals surface area contributed by atoms with E-state index in [1.165, 1.54) is 0 Å². The Hall–Kier alpha value is -1.90. The summed E-state index contributed by atoms with van der Waals surface area (Å²) in [4.78, 5) is 15.0. The fraction of sp³-hybridized carbons (Fsp3) is 0.467. The molecule has 5 heteroatoms. The summed E-state index contributed by atoms with van der Waals surface area (Å²) >= 11 is 0. The van der Waals surface area contributed by atoms with Crippen LogP contribution in [0.15, 0.2) is 24.3 Å². The summed E-state index contributed by atoms with van der Waals surface area (Å²) < 4.78 is 0. The van der Waals surface area contributed by atoms with Crippen molar-refractivity contribution in [3.63, 3.8) is 0 Å². The minimum absolute atomic E-state index is 0.114. The van der Waals surface area contributed by atoms with Gasteiger partial charge in [-0.05, 0) is 24.6 Å². The molecule has 0 unspecified atom stereocenters. The number of carboxylic acid groups (broad SMARTS) is 1. The summed E-state index contributed by atoms with van der Waals surface area (Å²) in [6, 6.07) is 9.87. The van der Waals surface area contributed by atoms with E-state index in [4.69, 9.17) is 10.4 Å². The van der Waals surface area contributed by atoms with Gasteiger partial charge in [0.05, 0.1) is 18.2 Å². The molecule has 1 aromatic rings. The van der Waals surface area contributed by atoms with Gasteiger partial charge in [-0.1, -0.05) is 18.2 Å². The molecule has 0 spiro atoms. The van der Waals surface area contributed by atoms with E-state index in [2.05, 4.69) is 11.0 Å². The predicted molar refractivity (Wildman–Crippen MR) is 75.1 cm³/mol. The van der Waals surface area contributed by atoms with Gasteiger partial charge in [0.2, 0.25) is 0 Å². The molecule has 0 aliphatic carbocycles. The van der Waals surface area contributed by atoms with Crippen LogP contribution < -0.4 is 0 Å². The topological polar surface area (TPSA) is 67.6 Å². The normalized spacial score (nSPS) is 17.4. The molecule has 2 rings (SSSR count). The van der Waals surface area contributed by atoms with Crippen LogP contribution in [0, 0.1) is 11.3 Å². The maximum atomic E-state index is 10.7. The number of carboxylic acids is 1. The Labute approximate surface area is 119 Å². The first kappa shape index (κ1) is 14.5. The molecule has 1 heterocycles. The number of rotatable bonds is 4. The summed E-state index contributed by atoms with van der Waals surface area (Å²) in [5.74, 6) is -0.770. The largest absolute Gasteiger partial charge is 0.480 e. The Bertz CT molecular complexity index is 510. The van der Waals surface area contributed by atoms with Gasteiger partial charge in [-0.15, -0.1) is 0 Å². The van der Waals surface area contributed by atoms with E-state index in [-0.39, 0.29) is 6.54 Å². The lowest BCUT2D eigenvalue weighted by Gasteiger charge is -2.21. The molecule has 0 aromatic heterocycles. The molecule has 0 amide bonds. The van der Waals surface area contributed by atoms with Gasteiger partial charge in [0.15, 0.2) is 0 Å². The van der Waals surface area contributed by atoms with Crippen molar-refractivity contribution in [2.24, 2.45) is 0 Å². The zero-order chi connectivity index (χ0) is 14.4. The van der Waals surface area contributed by atoms with Crippen molar-refractivity contribution in [3.05, 3.63) is 35.4 Å². The molecule has 1 aliphatic rings. The van der Waals surface area contributed by atoms with Gasteiger partial charge >= 0.3 is 5.97 Å². The molecular weight excluding hydrogens is 254 g/mol. The van der Waals surface area contributed by atoms with Crippen LogP contribution in [-0.2, 0) is 11.3 Å². The number of benzene rings is 1. The maximum absolute atomic E-state index is 10.7. The van der Waals surface area contributed by atoms with Crippen LogP contribution in [0.25, 0.3) is 0 Å². The minimum Gasteiger partial charge on any atom is -0.480 e. The predicted octanol–water partition coefficient (Wildman–Crippen LogP) is 1.15. The summed E-state index contributed by atoms with van der Waals surface area (Å²) in [6.07, 6.45) is 0.960. The first-order valence-electron chi connectivity index (χ1n) is 6.83. The van der Waals surface area contributed by atoms with Crippen LogP contribution in [0.2, 0.25) is 0 Å². The van der Waals surface area contributed by atoms with E-state index < -0.39 is 5.97 Å². The van der Waals surface area contributed by atoms with Crippen LogP contribution in [0.1, 0.15) is 17.5 Å². The number of aliphatic carboxylic acids is 1. The smallest absolute Gasteiger partial charge is 0.317 e. The highest BCUT2D eigenvalue weighted by molar-refractivity contribution is 5.69. The third kappa shape index (κ3) is 4.05. The average molecular weight is 273 g/mol. The third-order valence-electron chi connectivity index (χ3n) is 3.57. The van der Waals surface area contributed by atoms with Crippen LogP contribution in [-0.4, -0.2) is 53.6 Å². The van der Waals surface area contributed by atoms with Crippen molar-refractivity contribution < 1.29 is 9.90 Å². The molecule has 20 heavy (non-hydrogen) atoms. The molecule has 0 bridgehead atoms. The monoisotopic (exact) mass is 273 g/mol. The van der Waals surface area contributed by atoms with Gasteiger partial charge in [0.1, 0.15) is 0 Å². The Morgan fingerprint density at radius 3 is 2.65 bits per heavy atom. The molecule has 0 saturated carbocycles. The van der Waals surface area contributed by atoms with Gasteiger partial charge in [-0.2, -0.15) is 5.26 Å². The Kier molecular flexibility index (Phi) is 5.10. The zero-order valence-corrected chi connectivity index (χ0v) is 11.5. The van der Waals surface area contributed by atoms with Crippen molar-refractivity contribution in [1.82, 2.24) is 9.80 Å². The van der Waals surface area contributed by atoms with E-state index in [0.717, 1.165) is 50.3 Å². The van der Waals surface area contributed by atoms with Gasteiger partial charge in [0, 0.05) is 26.2 Å². The van der Waals surface area contributed by atoms with Crippen LogP contribution in [0.3, 0.4) is 0 Å². The van der Waals surface area contributed by atoms with E-state index in [1.54, 1.807) is 0 Å². The second-order valence-corrected chi connectivity index (χ2v) is 5.07. The highest BCUT2D eigenvalue weighted by atomic mass is 16.4. The summed E-state index contributed by atoms with van der Waals surface area (Å²) in [7, 11) is 0. The van der Waals surface area contributed by atoms with E-state index in [1.807, 2.05) is 29.2 Å². The van der Waals surface area contributed by atoms with Gasteiger partial charge in [0.25, 0.3) is 0 Å². The van der Waals surface area contributed by atoms with Crippen molar-refractivity contribution in [1.29, 1.82) is 5.26 Å². The summed E-state index contributed by atoms with van der Waals surface area (Å²) in [5.41, 5.74) is 1.76. The third-order valence-corrected chi connectivity index (χ3v) is 3.57. The molecule has 0 radical (unpaired) electrons. The van der Waals surface area contributed by atoms with Crippen LogP contribution in [0.4, 0.5) is 0 Å². The van der Waals surface area contributed by atoms with Crippen LogP contribution in [0.5, 0.6) is 0 Å². The Balaban J connectivity index is 1.94. The molecule has 5 nitrogen and oxygen atoms in total. The minimum atomic E-state index is -0.770. The fourth-order valence-electron chi connectivity index (χ4n) is 2.54. The lowest BCUT2D eigenvalue weighted by atomic mass is 10.1. The highest BCUT2D eigenvalue weighted by Crippen LogP contribution is 2.12. The second-order valence-electron chi connectivity index (χ2n) is 5.07. The number of hydrogen-bond donors (Lipinski definition) is 1. The fourth-order valence-corrected chi connectivity index (χ4v) is 2.54.